The minimum Gasteiger partial charge on any atom is -0.348 e. The Kier molecular flexibility index (Phi) is 2.42. The summed E-state index contributed by atoms with van der Waals surface area (Å²) in [6.45, 7) is 3.34. The molecular weight excluding hydrogens is 150 g/mol. The van der Waals surface area contributed by atoms with E-state index < -0.39 is 0 Å². The van der Waals surface area contributed by atoms with Crippen LogP contribution in [-0.2, 0) is 6.54 Å². The van der Waals surface area contributed by atoms with E-state index in [0.717, 1.165) is 12.4 Å². The van der Waals surface area contributed by atoms with Gasteiger partial charge in [-0.25, -0.2) is 4.98 Å². The SMILES string of the molecule is [CH]1CCN(Cc2ncc[nH]2)CC1. The predicted octanol–water partition coefficient (Wildman–Crippen LogP) is 1.21. The van der Waals surface area contributed by atoms with Crippen molar-refractivity contribution in [1.82, 2.24) is 14.9 Å². The van der Waals surface area contributed by atoms with E-state index >= 15 is 0 Å². The smallest absolute Gasteiger partial charge is 0.120 e. The third-order valence-electron chi connectivity index (χ3n) is 2.23. The van der Waals surface area contributed by atoms with Crippen LogP contribution in [0.2, 0.25) is 0 Å². The normalized spacial score (nSPS) is 19.7. The summed E-state index contributed by atoms with van der Waals surface area (Å²) in [5.74, 6) is 1.08. The summed E-state index contributed by atoms with van der Waals surface area (Å²) >= 11 is 0. The first-order valence-electron chi connectivity index (χ1n) is 4.47. The van der Waals surface area contributed by atoms with Gasteiger partial charge in [0.05, 0.1) is 6.54 Å². The summed E-state index contributed by atoms with van der Waals surface area (Å²) < 4.78 is 0. The number of rotatable bonds is 2. The fourth-order valence-corrected chi connectivity index (χ4v) is 1.56. The highest BCUT2D eigenvalue weighted by atomic mass is 15.1. The first kappa shape index (κ1) is 7.80. The molecule has 0 aliphatic carbocycles. The Morgan fingerprint density at radius 1 is 1.42 bits per heavy atom. The molecule has 1 radical (unpaired) electrons. The summed E-state index contributed by atoms with van der Waals surface area (Å²) in [7, 11) is 0. The molecule has 1 aliphatic heterocycles. The Balaban J connectivity index is 1.86. The molecule has 2 rings (SSSR count). The zero-order valence-corrected chi connectivity index (χ0v) is 7.16. The molecule has 0 unspecified atom stereocenters. The van der Waals surface area contributed by atoms with Gasteiger partial charge in [0.1, 0.15) is 5.82 Å². The summed E-state index contributed by atoms with van der Waals surface area (Å²) in [6.07, 6.45) is 8.50. The van der Waals surface area contributed by atoms with Crippen LogP contribution >= 0.6 is 0 Å². The van der Waals surface area contributed by atoms with E-state index in [4.69, 9.17) is 0 Å². The molecule has 1 N–H and O–H groups in total. The van der Waals surface area contributed by atoms with Crippen LogP contribution in [0.3, 0.4) is 0 Å². The zero-order valence-electron chi connectivity index (χ0n) is 7.16. The highest BCUT2D eigenvalue weighted by Crippen LogP contribution is 2.09. The molecule has 1 saturated heterocycles. The fourth-order valence-electron chi connectivity index (χ4n) is 1.56. The van der Waals surface area contributed by atoms with Crippen molar-refractivity contribution < 1.29 is 0 Å². The molecule has 65 valence electrons. The van der Waals surface area contributed by atoms with Crippen LogP contribution in [0.5, 0.6) is 0 Å². The third-order valence-corrected chi connectivity index (χ3v) is 2.23. The Bertz CT molecular complexity index is 212. The summed E-state index contributed by atoms with van der Waals surface area (Å²) in [4.78, 5) is 9.75. The highest BCUT2D eigenvalue weighted by molar-refractivity contribution is 4.88. The van der Waals surface area contributed by atoms with Crippen LogP contribution < -0.4 is 0 Å². The summed E-state index contributed by atoms with van der Waals surface area (Å²) in [6, 6.07) is 0. The van der Waals surface area contributed by atoms with E-state index in [1.807, 2.05) is 12.4 Å². The summed E-state index contributed by atoms with van der Waals surface area (Å²) in [5.41, 5.74) is 0. The molecule has 0 amide bonds. The Morgan fingerprint density at radius 2 is 2.25 bits per heavy atom. The van der Waals surface area contributed by atoms with Crippen LogP contribution in [0.1, 0.15) is 18.7 Å². The molecule has 12 heavy (non-hydrogen) atoms. The fraction of sp³-hybridized carbons (Fsp3) is 0.556. The molecule has 1 fully saturated rings. The molecule has 3 nitrogen and oxygen atoms in total. The lowest BCUT2D eigenvalue weighted by molar-refractivity contribution is 0.241. The summed E-state index contributed by atoms with van der Waals surface area (Å²) in [5, 5.41) is 0. The molecule has 0 aromatic carbocycles. The molecule has 1 aliphatic rings. The van der Waals surface area contributed by atoms with Crippen molar-refractivity contribution in [2.45, 2.75) is 19.4 Å². The lowest BCUT2D eigenvalue weighted by Crippen LogP contribution is -2.29. The number of likely N-dealkylation sites (tertiary alicyclic amines) is 1. The van der Waals surface area contributed by atoms with Crippen molar-refractivity contribution in [2.75, 3.05) is 13.1 Å². The average Bonchev–Trinajstić information content (AvgIpc) is 2.59. The number of piperidine rings is 1. The first-order chi connectivity index (χ1) is 5.95. The van der Waals surface area contributed by atoms with Crippen LogP contribution in [-0.4, -0.2) is 28.0 Å². The van der Waals surface area contributed by atoms with Crippen molar-refractivity contribution in [1.29, 1.82) is 0 Å². The standard InChI is InChI=1S/C9H14N3/c1-2-6-12(7-3-1)8-9-10-4-5-11-9/h1,4-5H,2-3,6-8H2,(H,10,11). The maximum absolute atomic E-state index is 4.20. The van der Waals surface area contributed by atoms with Gasteiger partial charge in [-0.05, 0) is 32.4 Å². The molecule has 0 atom stereocenters. The number of H-pyrrole nitrogens is 1. The molecular formula is C9H14N3. The van der Waals surface area contributed by atoms with Gasteiger partial charge >= 0.3 is 0 Å². The van der Waals surface area contributed by atoms with Gasteiger partial charge in [-0.2, -0.15) is 0 Å². The zero-order chi connectivity index (χ0) is 8.23. The second-order valence-electron chi connectivity index (χ2n) is 3.18. The molecule has 0 spiro atoms. The monoisotopic (exact) mass is 164 g/mol. The van der Waals surface area contributed by atoms with Crippen LogP contribution in [0, 0.1) is 6.42 Å². The minimum absolute atomic E-state index is 0.973. The number of nitrogens with zero attached hydrogens (tertiary/aromatic N) is 2. The minimum atomic E-state index is 0.973. The number of aromatic nitrogens is 2. The third kappa shape index (κ3) is 1.85. The van der Waals surface area contributed by atoms with E-state index in [2.05, 4.69) is 21.3 Å². The second-order valence-corrected chi connectivity index (χ2v) is 3.18. The largest absolute Gasteiger partial charge is 0.348 e. The lowest BCUT2D eigenvalue weighted by Gasteiger charge is -2.24. The number of aromatic amines is 1. The number of hydrogen-bond acceptors (Lipinski definition) is 2. The van der Waals surface area contributed by atoms with Gasteiger partial charge in [-0.1, -0.05) is 0 Å². The quantitative estimate of drug-likeness (QED) is 0.712. The van der Waals surface area contributed by atoms with Gasteiger partial charge in [0.15, 0.2) is 0 Å². The van der Waals surface area contributed by atoms with Gasteiger partial charge in [-0.3, -0.25) is 4.90 Å². The molecule has 1 aromatic heterocycles. The van der Waals surface area contributed by atoms with Gasteiger partial charge in [-0.15, -0.1) is 0 Å². The Labute approximate surface area is 72.8 Å². The topological polar surface area (TPSA) is 31.9 Å². The van der Waals surface area contributed by atoms with Crippen LogP contribution in [0.25, 0.3) is 0 Å². The Morgan fingerprint density at radius 3 is 2.92 bits per heavy atom. The van der Waals surface area contributed by atoms with Gasteiger partial charge in [0.25, 0.3) is 0 Å². The second kappa shape index (κ2) is 3.72. The van der Waals surface area contributed by atoms with E-state index in [1.54, 1.807) is 0 Å². The Hall–Kier alpha value is -0.830. The van der Waals surface area contributed by atoms with Gasteiger partial charge < -0.3 is 4.98 Å². The highest BCUT2D eigenvalue weighted by Gasteiger charge is 2.10. The molecule has 2 heterocycles. The van der Waals surface area contributed by atoms with E-state index in [9.17, 15) is 0 Å². The van der Waals surface area contributed by atoms with Gasteiger partial charge in [0, 0.05) is 12.4 Å². The van der Waals surface area contributed by atoms with Crippen molar-refractivity contribution in [3.8, 4) is 0 Å². The van der Waals surface area contributed by atoms with Crippen LogP contribution in [0.15, 0.2) is 12.4 Å². The van der Waals surface area contributed by atoms with Crippen molar-refractivity contribution in [3.05, 3.63) is 24.6 Å². The average molecular weight is 164 g/mol. The van der Waals surface area contributed by atoms with E-state index in [0.29, 0.717) is 0 Å². The van der Waals surface area contributed by atoms with Crippen molar-refractivity contribution in [3.63, 3.8) is 0 Å². The predicted molar refractivity (Wildman–Crippen MR) is 47.4 cm³/mol. The first-order valence-corrected chi connectivity index (χ1v) is 4.47. The number of imidazole rings is 1. The number of nitrogens with one attached hydrogen (secondary N) is 1. The maximum Gasteiger partial charge on any atom is 0.120 e. The van der Waals surface area contributed by atoms with Crippen molar-refractivity contribution >= 4 is 0 Å². The number of hydrogen-bond donors (Lipinski definition) is 1. The molecule has 0 bridgehead atoms. The van der Waals surface area contributed by atoms with Gasteiger partial charge in [0.2, 0.25) is 0 Å². The maximum atomic E-state index is 4.20. The van der Waals surface area contributed by atoms with Crippen LogP contribution in [0.4, 0.5) is 0 Å². The molecule has 3 heteroatoms. The van der Waals surface area contributed by atoms with Crippen molar-refractivity contribution in [2.24, 2.45) is 0 Å². The van der Waals surface area contributed by atoms with E-state index in [1.165, 1.54) is 25.9 Å². The molecule has 0 saturated carbocycles. The van der Waals surface area contributed by atoms with E-state index in [-0.39, 0.29) is 0 Å². The molecule has 1 aromatic rings. The lowest BCUT2D eigenvalue weighted by atomic mass is 10.1.